The number of aromatic nitrogens is 1. The fraction of sp³-hybridized carbons (Fsp3) is 0.250. The highest BCUT2D eigenvalue weighted by Gasteiger charge is 2.38. The largest absolute Gasteiger partial charge is 0.474 e. The molecule has 3 rings (SSSR count). The van der Waals surface area contributed by atoms with Crippen molar-refractivity contribution in [2.45, 2.75) is 26.0 Å². The molecule has 0 radical (unpaired) electrons. The van der Waals surface area contributed by atoms with E-state index in [0.29, 0.717) is 17.2 Å². The van der Waals surface area contributed by atoms with E-state index in [1.165, 1.54) is 17.0 Å². The standard InChI is InChI=1S/C16H14ClN3O4/c1-2-12-16(21)19(9-10-3-5-11(17)6-4-10)15-13(24-12)7-8-14(18-15)20(22)23/h3-8,12H,2,9H2,1H3. The molecule has 1 unspecified atom stereocenters. The van der Waals surface area contributed by atoms with Gasteiger partial charge >= 0.3 is 5.82 Å². The number of nitrogens with zero attached hydrogens (tertiary/aromatic N) is 3. The van der Waals surface area contributed by atoms with E-state index >= 15 is 0 Å². The molecule has 1 aromatic heterocycles. The van der Waals surface area contributed by atoms with Crippen LogP contribution in [-0.2, 0) is 11.3 Å². The third-order valence-corrected chi connectivity index (χ3v) is 3.95. The molecule has 8 heteroatoms. The average molecular weight is 348 g/mol. The minimum absolute atomic E-state index is 0.161. The van der Waals surface area contributed by atoms with Gasteiger partial charge in [0.25, 0.3) is 11.7 Å². The maximum absolute atomic E-state index is 12.6. The number of halogens is 1. The van der Waals surface area contributed by atoms with Crippen LogP contribution in [0.1, 0.15) is 18.9 Å². The van der Waals surface area contributed by atoms with Crippen LogP contribution in [0.3, 0.4) is 0 Å². The molecule has 0 saturated carbocycles. The van der Waals surface area contributed by atoms with Crippen molar-refractivity contribution in [1.29, 1.82) is 0 Å². The van der Waals surface area contributed by atoms with Gasteiger partial charge in [0.15, 0.2) is 11.9 Å². The topological polar surface area (TPSA) is 85.6 Å². The highest BCUT2D eigenvalue weighted by molar-refractivity contribution is 6.30. The smallest absolute Gasteiger partial charge is 0.366 e. The number of amides is 1. The highest BCUT2D eigenvalue weighted by atomic mass is 35.5. The van der Waals surface area contributed by atoms with Crippen molar-refractivity contribution in [2.75, 3.05) is 4.90 Å². The SMILES string of the molecule is CCC1Oc2ccc([N+](=O)[O-])nc2N(Cc2ccc(Cl)cc2)C1=O. The van der Waals surface area contributed by atoms with Gasteiger partial charge in [-0.05, 0) is 40.1 Å². The summed E-state index contributed by atoms with van der Waals surface area (Å²) in [6, 6.07) is 9.78. The van der Waals surface area contributed by atoms with E-state index in [1.807, 2.05) is 6.92 Å². The zero-order valence-corrected chi connectivity index (χ0v) is 13.6. The Kier molecular flexibility index (Phi) is 4.35. The molecule has 0 aliphatic carbocycles. The molecule has 1 aliphatic rings. The number of hydrogen-bond donors (Lipinski definition) is 0. The second-order valence-corrected chi connectivity index (χ2v) is 5.75. The first-order valence-electron chi connectivity index (χ1n) is 7.37. The zero-order valence-electron chi connectivity index (χ0n) is 12.8. The molecule has 0 saturated heterocycles. The second-order valence-electron chi connectivity index (χ2n) is 5.31. The molecule has 0 bridgehead atoms. The fourth-order valence-corrected chi connectivity index (χ4v) is 2.60. The Morgan fingerprint density at radius 1 is 1.29 bits per heavy atom. The Morgan fingerprint density at radius 2 is 2.00 bits per heavy atom. The van der Waals surface area contributed by atoms with E-state index < -0.39 is 11.0 Å². The van der Waals surface area contributed by atoms with E-state index in [9.17, 15) is 14.9 Å². The monoisotopic (exact) mass is 347 g/mol. The minimum atomic E-state index is -0.631. The third kappa shape index (κ3) is 3.03. The van der Waals surface area contributed by atoms with Crippen LogP contribution in [0.2, 0.25) is 5.02 Å². The first-order chi connectivity index (χ1) is 11.5. The van der Waals surface area contributed by atoms with E-state index in [4.69, 9.17) is 16.3 Å². The lowest BCUT2D eigenvalue weighted by Crippen LogP contribution is -2.45. The summed E-state index contributed by atoms with van der Waals surface area (Å²) < 4.78 is 5.62. The van der Waals surface area contributed by atoms with Crippen LogP contribution in [0.15, 0.2) is 36.4 Å². The lowest BCUT2D eigenvalue weighted by atomic mass is 10.1. The van der Waals surface area contributed by atoms with Crippen LogP contribution in [0.25, 0.3) is 0 Å². The van der Waals surface area contributed by atoms with Crippen LogP contribution in [0, 0.1) is 10.1 Å². The molecule has 2 heterocycles. The number of anilines is 1. The molecule has 124 valence electrons. The van der Waals surface area contributed by atoms with Gasteiger partial charge in [-0.25, -0.2) is 0 Å². The number of ether oxygens (including phenoxy) is 1. The van der Waals surface area contributed by atoms with E-state index in [1.54, 1.807) is 24.3 Å². The fourth-order valence-electron chi connectivity index (χ4n) is 2.48. The second kappa shape index (κ2) is 6.45. The molecular weight excluding hydrogens is 334 g/mol. The molecule has 1 amide bonds. The zero-order chi connectivity index (χ0) is 17.3. The maximum atomic E-state index is 12.6. The summed E-state index contributed by atoms with van der Waals surface area (Å²) in [5, 5.41) is 11.6. The number of carbonyl (C=O) groups excluding carboxylic acids is 1. The van der Waals surface area contributed by atoms with Gasteiger partial charge in [-0.2, -0.15) is 0 Å². The van der Waals surface area contributed by atoms with Crippen LogP contribution in [-0.4, -0.2) is 21.9 Å². The molecule has 24 heavy (non-hydrogen) atoms. The number of fused-ring (bicyclic) bond motifs is 1. The molecular formula is C16H14ClN3O4. The molecule has 1 aromatic carbocycles. The Balaban J connectivity index is 2.02. The van der Waals surface area contributed by atoms with Gasteiger partial charge in [0, 0.05) is 11.1 Å². The first-order valence-corrected chi connectivity index (χ1v) is 7.75. The molecule has 0 N–H and O–H groups in total. The van der Waals surface area contributed by atoms with Gasteiger partial charge in [-0.15, -0.1) is 0 Å². The average Bonchev–Trinajstić information content (AvgIpc) is 2.58. The summed E-state index contributed by atoms with van der Waals surface area (Å²) in [5.74, 6) is -0.0796. The predicted molar refractivity (Wildman–Crippen MR) is 88.2 cm³/mol. The summed E-state index contributed by atoms with van der Waals surface area (Å²) in [6.07, 6.45) is -0.139. The van der Waals surface area contributed by atoms with Crippen molar-refractivity contribution >= 4 is 29.1 Å². The number of nitro groups is 1. The van der Waals surface area contributed by atoms with Gasteiger partial charge in [0.2, 0.25) is 0 Å². The van der Waals surface area contributed by atoms with Gasteiger partial charge in [-0.1, -0.05) is 30.7 Å². The molecule has 0 spiro atoms. The Labute approximate surface area is 143 Å². The van der Waals surface area contributed by atoms with Crippen LogP contribution >= 0.6 is 11.6 Å². The molecule has 7 nitrogen and oxygen atoms in total. The van der Waals surface area contributed by atoms with E-state index in [-0.39, 0.29) is 24.1 Å². The van der Waals surface area contributed by atoms with Crippen LogP contribution < -0.4 is 9.64 Å². The van der Waals surface area contributed by atoms with E-state index in [0.717, 1.165) is 5.56 Å². The van der Waals surface area contributed by atoms with Gasteiger partial charge in [-0.3, -0.25) is 9.69 Å². The summed E-state index contributed by atoms with van der Waals surface area (Å²) in [6.45, 7) is 2.07. The van der Waals surface area contributed by atoms with Gasteiger partial charge < -0.3 is 14.9 Å². The summed E-state index contributed by atoms with van der Waals surface area (Å²) >= 11 is 5.88. The normalized spacial score (nSPS) is 16.5. The van der Waals surface area contributed by atoms with Crippen molar-refractivity contribution in [3.8, 4) is 5.75 Å². The summed E-state index contributed by atoms with van der Waals surface area (Å²) in [5.41, 5.74) is 0.837. The quantitative estimate of drug-likeness (QED) is 0.625. The summed E-state index contributed by atoms with van der Waals surface area (Å²) in [7, 11) is 0. The van der Waals surface area contributed by atoms with E-state index in [2.05, 4.69) is 4.98 Å². The highest BCUT2D eigenvalue weighted by Crippen LogP contribution is 2.35. The van der Waals surface area contributed by atoms with Crippen LogP contribution in [0.4, 0.5) is 11.6 Å². The first kappa shape index (κ1) is 16.2. The molecule has 1 atom stereocenters. The van der Waals surface area contributed by atoms with Gasteiger partial charge in [0.05, 0.1) is 6.54 Å². The van der Waals surface area contributed by atoms with Gasteiger partial charge in [0.1, 0.15) is 0 Å². The number of rotatable bonds is 4. The number of carbonyl (C=O) groups is 1. The molecule has 1 aliphatic heterocycles. The Bertz CT molecular complexity index is 794. The van der Waals surface area contributed by atoms with Crippen molar-refractivity contribution in [3.05, 3.63) is 57.1 Å². The lowest BCUT2D eigenvalue weighted by Gasteiger charge is -2.30. The lowest BCUT2D eigenvalue weighted by molar-refractivity contribution is -0.389. The van der Waals surface area contributed by atoms with Crippen LogP contribution in [0.5, 0.6) is 5.75 Å². The van der Waals surface area contributed by atoms with Crippen molar-refractivity contribution in [3.63, 3.8) is 0 Å². The third-order valence-electron chi connectivity index (χ3n) is 3.70. The number of benzene rings is 1. The molecule has 0 fully saturated rings. The van der Waals surface area contributed by atoms with Crippen molar-refractivity contribution in [2.24, 2.45) is 0 Å². The predicted octanol–water partition coefficient (Wildman–Crippen LogP) is 3.35. The molecule has 2 aromatic rings. The number of pyridine rings is 1. The summed E-state index contributed by atoms with van der Waals surface area (Å²) in [4.78, 5) is 28.4. The maximum Gasteiger partial charge on any atom is 0.366 e. The Morgan fingerprint density at radius 3 is 2.62 bits per heavy atom. The van der Waals surface area contributed by atoms with Crippen molar-refractivity contribution in [1.82, 2.24) is 4.98 Å². The van der Waals surface area contributed by atoms with Crippen molar-refractivity contribution < 1.29 is 14.5 Å². The Hall–Kier alpha value is -2.67. The minimum Gasteiger partial charge on any atom is -0.474 e. The number of hydrogen-bond acceptors (Lipinski definition) is 5.